The molecule has 1 aromatic rings. The van der Waals surface area contributed by atoms with Gasteiger partial charge < -0.3 is 5.11 Å². The molecule has 0 atom stereocenters. The Balaban J connectivity index is 2.36. The Bertz CT molecular complexity index is 481. The van der Waals surface area contributed by atoms with Crippen molar-refractivity contribution in [2.45, 2.75) is 26.3 Å². The molecule has 0 aliphatic carbocycles. The van der Waals surface area contributed by atoms with Gasteiger partial charge in [0, 0.05) is 11.8 Å². The molecule has 0 saturated carbocycles. The summed E-state index contributed by atoms with van der Waals surface area (Å²) in [5.74, 6) is -1.17. The molecule has 17 heavy (non-hydrogen) atoms. The number of nitrogens with zero attached hydrogens (tertiary/aromatic N) is 1. The molecule has 0 aliphatic heterocycles. The topological polar surface area (TPSA) is 96.4 Å². The predicted molar refractivity (Wildman–Crippen MR) is 64.3 cm³/mol. The van der Waals surface area contributed by atoms with E-state index in [-0.39, 0.29) is 25.1 Å². The van der Waals surface area contributed by atoms with E-state index in [1.54, 1.807) is 5.38 Å². The highest BCUT2D eigenvalue weighted by Crippen LogP contribution is 2.07. The van der Waals surface area contributed by atoms with Crippen molar-refractivity contribution < 1.29 is 18.3 Å². The molecule has 0 fully saturated rings. The molecule has 0 radical (unpaired) electrons. The highest BCUT2D eigenvalue weighted by Gasteiger charge is 2.11. The highest BCUT2D eigenvalue weighted by atomic mass is 32.2. The Morgan fingerprint density at radius 1 is 1.59 bits per heavy atom. The van der Waals surface area contributed by atoms with Crippen molar-refractivity contribution in [2.24, 2.45) is 0 Å². The van der Waals surface area contributed by atoms with Crippen LogP contribution in [-0.2, 0) is 21.4 Å². The van der Waals surface area contributed by atoms with E-state index in [4.69, 9.17) is 5.11 Å². The lowest BCUT2D eigenvalue weighted by atomic mass is 10.3. The Morgan fingerprint density at radius 2 is 2.29 bits per heavy atom. The van der Waals surface area contributed by atoms with Gasteiger partial charge in [-0.15, -0.1) is 11.3 Å². The second kappa shape index (κ2) is 6.08. The van der Waals surface area contributed by atoms with Gasteiger partial charge in [-0.2, -0.15) is 0 Å². The highest BCUT2D eigenvalue weighted by molar-refractivity contribution is 7.89. The lowest BCUT2D eigenvalue weighted by molar-refractivity contribution is -0.137. The Hall–Kier alpha value is -0.990. The summed E-state index contributed by atoms with van der Waals surface area (Å²) in [4.78, 5) is 14.4. The molecular formula is C9H14N2O4S2. The van der Waals surface area contributed by atoms with Crippen LogP contribution in [0.2, 0.25) is 0 Å². The SMILES string of the molecule is Cc1nc(CNS(=O)(=O)CCCC(=O)O)cs1. The number of carboxylic acids is 1. The normalized spacial score (nSPS) is 11.6. The molecule has 6 nitrogen and oxygen atoms in total. The molecule has 0 unspecified atom stereocenters. The first-order valence-corrected chi connectivity index (χ1v) is 7.52. The van der Waals surface area contributed by atoms with Crippen LogP contribution in [0, 0.1) is 6.92 Å². The number of hydrogen-bond acceptors (Lipinski definition) is 5. The minimum atomic E-state index is -3.41. The molecule has 1 heterocycles. The zero-order chi connectivity index (χ0) is 12.9. The summed E-state index contributed by atoms with van der Waals surface area (Å²) >= 11 is 1.45. The van der Waals surface area contributed by atoms with Gasteiger partial charge in [0.1, 0.15) is 0 Å². The van der Waals surface area contributed by atoms with Crippen LogP contribution in [0.1, 0.15) is 23.5 Å². The van der Waals surface area contributed by atoms with Gasteiger partial charge in [0.05, 0.1) is 23.0 Å². The maximum absolute atomic E-state index is 11.5. The number of thiazole rings is 1. The van der Waals surface area contributed by atoms with E-state index in [2.05, 4.69) is 9.71 Å². The zero-order valence-corrected chi connectivity index (χ0v) is 11.0. The van der Waals surface area contributed by atoms with E-state index in [9.17, 15) is 13.2 Å². The van der Waals surface area contributed by atoms with Crippen molar-refractivity contribution >= 4 is 27.3 Å². The fraction of sp³-hybridized carbons (Fsp3) is 0.556. The Morgan fingerprint density at radius 3 is 2.82 bits per heavy atom. The third kappa shape index (κ3) is 5.76. The summed E-state index contributed by atoms with van der Waals surface area (Å²) in [5.41, 5.74) is 0.675. The second-order valence-electron chi connectivity index (χ2n) is 3.50. The van der Waals surface area contributed by atoms with E-state index in [0.29, 0.717) is 5.69 Å². The molecule has 8 heteroatoms. The van der Waals surface area contributed by atoms with Gasteiger partial charge in [0.25, 0.3) is 0 Å². The lowest BCUT2D eigenvalue weighted by Gasteiger charge is -2.03. The van der Waals surface area contributed by atoms with Crippen molar-refractivity contribution in [3.8, 4) is 0 Å². The van der Waals surface area contributed by atoms with E-state index >= 15 is 0 Å². The van der Waals surface area contributed by atoms with Gasteiger partial charge in [-0.1, -0.05) is 0 Å². The van der Waals surface area contributed by atoms with Gasteiger partial charge in [-0.05, 0) is 13.3 Å². The van der Waals surface area contributed by atoms with Crippen LogP contribution in [0.3, 0.4) is 0 Å². The molecule has 2 N–H and O–H groups in total. The monoisotopic (exact) mass is 278 g/mol. The number of carboxylic acid groups (broad SMARTS) is 1. The average molecular weight is 278 g/mol. The van der Waals surface area contributed by atoms with Crippen molar-refractivity contribution in [2.75, 3.05) is 5.75 Å². The fourth-order valence-corrected chi connectivity index (χ4v) is 2.81. The van der Waals surface area contributed by atoms with E-state index in [1.165, 1.54) is 11.3 Å². The van der Waals surface area contributed by atoms with Crippen molar-refractivity contribution in [3.63, 3.8) is 0 Å². The summed E-state index contributed by atoms with van der Waals surface area (Å²) in [6.45, 7) is 2.00. The molecular weight excluding hydrogens is 264 g/mol. The molecule has 0 spiro atoms. The van der Waals surface area contributed by atoms with Crippen LogP contribution in [0.15, 0.2) is 5.38 Å². The smallest absolute Gasteiger partial charge is 0.303 e. The van der Waals surface area contributed by atoms with Crippen LogP contribution in [0.5, 0.6) is 0 Å². The number of rotatable bonds is 7. The van der Waals surface area contributed by atoms with Crippen LogP contribution in [-0.4, -0.2) is 30.2 Å². The number of nitrogens with one attached hydrogen (secondary N) is 1. The standard InChI is InChI=1S/C9H14N2O4S2/c1-7-11-8(6-16-7)5-10-17(14,15)4-2-3-9(12)13/h6,10H,2-5H2,1H3,(H,12,13). The summed E-state index contributed by atoms with van der Waals surface area (Å²) < 4.78 is 25.3. The van der Waals surface area contributed by atoms with Crippen molar-refractivity contribution in [1.29, 1.82) is 0 Å². The average Bonchev–Trinajstić information content (AvgIpc) is 2.61. The molecule has 0 bridgehead atoms. The van der Waals surface area contributed by atoms with Gasteiger partial charge in [0.2, 0.25) is 10.0 Å². The van der Waals surface area contributed by atoms with Crippen LogP contribution in [0.25, 0.3) is 0 Å². The zero-order valence-electron chi connectivity index (χ0n) is 9.34. The minimum absolute atomic E-state index is 0.112. The summed E-state index contributed by atoms with van der Waals surface area (Å²) in [6.07, 6.45) is -0.0303. The molecule has 1 aromatic heterocycles. The maximum atomic E-state index is 11.5. The van der Waals surface area contributed by atoms with Gasteiger partial charge in [-0.3, -0.25) is 4.79 Å². The lowest BCUT2D eigenvalue weighted by Crippen LogP contribution is -2.26. The van der Waals surface area contributed by atoms with Crippen LogP contribution in [0.4, 0.5) is 0 Å². The van der Waals surface area contributed by atoms with E-state index in [0.717, 1.165) is 5.01 Å². The number of hydrogen-bond donors (Lipinski definition) is 2. The largest absolute Gasteiger partial charge is 0.481 e. The second-order valence-corrected chi connectivity index (χ2v) is 6.48. The summed E-state index contributed by atoms with van der Waals surface area (Å²) in [7, 11) is -3.41. The van der Waals surface area contributed by atoms with Gasteiger partial charge >= 0.3 is 5.97 Å². The quantitative estimate of drug-likeness (QED) is 0.766. The fourth-order valence-electron chi connectivity index (χ4n) is 1.16. The maximum Gasteiger partial charge on any atom is 0.303 e. The number of sulfonamides is 1. The molecule has 0 aromatic carbocycles. The molecule has 96 valence electrons. The minimum Gasteiger partial charge on any atom is -0.481 e. The van der Waals surface area contributed by atoms with Crippen molar-refractivity contribution in [1.82, 2.24) is 9.71 Å². The first-order valence-electron chi connectivity index (χ1n) is 4.99. The summed E-state index contributed by atoms with van der Waals surface area (Å²) in [5, 5.41) is 11.1. The van der Waals surface area contributed by atoms with Crippen molar-refractivity contribution in [3.05, 3.63) is 16.1 Å². The van der Waals surface area contributed by atoms with E-state index in [1.807, 2.05) is 6.92 Å². The van der Waals surface area contributed by atoms with Crippen LogP contribution >= 0.6 is 11.3 Å². The first-order chi connectivity index (χ1) is 7.89. The summed E-state index contributed by atoms with van der Waals surface area (Å²) in [6, 6.07) is 0. The third-order valence-electron chi connectivity index (χ3n) is 1.94. The first kappa shape index (κ1) is 14.1. The third-order valence-corrected chi connectivity index (χ3v) is 4.18. The molecule has 0 aliphatic rings. The molecule has 0 saturated heterocycles. The predicted octanol–water partition coefficient (Wildman–Crippen LogP) is 0.736. The molecule has 1 rings (SSSR count). The van der Waals surface area contributed by atoms with Gasteiger partial charge in [-0.25, -0.2) is 18.1 Å². The number of aryl methyl sites for hydroxylation is 1. The van der Waals surface area contributed by atoms with Gasteiger partial charge in [0.15, 0.2) is 0 Å². The van der Waals surface area contributed by atoms with Crippen LogP contribution < -0.4 is 4.72 Å². The number of aromatic nitrogens is 1. The number of aliphatic carboxylic acids is 1. The molecule has 0 amide bonds. The van der Waals surface area contributed by atoms with E-state index < -0.39 is 16.0 Å². The Kier molecular flexibility index (Phi) is 5.03. The Labute approximate surface area is 104 Å². The number of carbonyl (C=O) groups is 1.